The number of hydrogen-bond donors (Lipinski definition) is 2. The van der Waals surface area contributed by atoms with Crippen molar-refractivity contribution in [1.82, 2.24) is 14.8 Å². The van der Waals surface area contributed by atoms with Crippen molar-refractivity contribution >= 4 is 10.9 Å². The van der Waals surface area contributed by atoms with Crippen LogP contribution in [-0.4, -0.2) is 71.0 Å². The molecule has 3 aromatic rings. The maximum Gasteiger partial charge on any atom is 0.135 e. The predicted octanol–water partition coefficient (Wildman–Crippen LogP) is 4.83. The van der Waals surface area contributed by atoms with Crippen molar-refractivity contribution < 1.29 is 23.0 Å². The van der Waals surface area contributed by atoms with Gasteiger partial charge in [-0.3, -0.25) is 9.80 Å². The van der Waals surface area contributed by atoms with Crippen LogP contribution in [-0.2, 0) is 6.42 Å². The van der Waals surface area contributed by atoms with Gasteiger partial charge in [0.05, 0.1) is 6.04 Å². The summed E-state index contributed by atoms with van der Waals surface area (Å²) in [5, 5.41) is 10.2. The standard InChI is InChI=1S/C28H34F3N3O2/c1-17-10-21-20-6-4-5-7-24(20)32-26(21)27(34(17)16-28(2,3)31)25-22(29)11-19(12-23(25)30)36-9-8-33-13-18(14-33)15-35/h4-7,11-12,17-18,27,32,35H,8-10,13-16H2,1-3H3/t17-,27-/m1/s1. The molecule has 3 heterocycles. The molecule has 5 nitrogen and oxygen atoms in total. The molecule has 8 heteroatoms. The number of likely N-dealkylation sites (tertiary alicyclic amines) is 1. The highest BCUT2D eigenvalue weighted by atomic mass is 19.1. The van der Waals surface area contributed by atoms with Crippen LogP contribution in [0.4, 0.5) is 13.2 Å². The van der Waals surface area contributed by atoms with Gasteiger partial charge in [0.15, 0.2) is 0 Å². The van der Waals surface area contributed by atoms with Crippen LogP contribution in [0.15, 0.2) is 36.4 Å². The first-order valence-electron chi connectivity index (χ1n) is 12.6. The molecule has 0 bridgehead atoms. The molecule has 0 radical (unpaired) electrons. The Balaban J connectivity index is 1.47. The SMILES string of the molecule is C[C@@H]1Cc2c([nH]c3ccccc23)[C@@H](c2c(F)cc(OCCN3CC(CO)C3)cc2F)N1CC(C)(C)F. The van der Waals surface area contributed by atoms with E-state index in [1.165, 1.54) is 26.0 Å². The number of para-hydroxylation sites is 1. The second-order valence-corrected chi connectivity index (χ2v) is 10.9. The number of ether oxygens (including phenoxy) is 1. The molecule has 1 saturated heterocycles. The third-order valence-corrected chi connectivity index (χ3v) is 7.37. The van der Waals surface area contributed by atoms with Crippen molar-refractivity contribution in [1.29, 1.82) is 0 Å². The van der Waals surface area contributed by atoms with Gasteiger partial charge in [0, 0.05) is 79.0 Å². The molecule has 194 valence electrons. The monoisotopic (exact) mass is 501 g/mol. The number of aromatic amines is 1. The highest BCUT2D eigenvalue weighted by Gasteiger charge is 2.41. The summed E-state index contributed by atoms with van der Waals surface area (Å²) in [6, 6.07) is 9.36. The van der Waals surface area contributed by atoms with Gasteiger partial charge in [0.1, 0.15) is 29.7 Å². The molecule has 2 N–H and O–H groups in total. The number of aromatic nitrogens is 1. The van der Waals surface area contributed by atoms with E-state index in [0.29, 0.717) is 31.2 Å². The molecule has 0 saturated carbocycles. The number of benzene rings is 2. The number of aliphatic hydroxyl groups is 1. The fourth-order valence-corrected chi connectivity index (χ4v) is 5.67. The van der Waals surface area contributed by atoms with E-state index in [0.717, 1.165) is 29.6 Å². The van der Waals surface area contributed by atoms with Crippen molar-refractivity contribution in [3.8, 4) is 5.75 Å². The van der Waals surface area contributed by atoms with Gasteiger partial charge in [-0.25, -0.2) is 13.2 Å². The first-order chi connectivity index (χ1) is 17.1. The summed E-state index contributed by atoms with van der Waals surface area (Å²) in [7, 11) is 0. The van der Waals surface area contributed by atoms with Crippen LogP contribution < -0.4 is 4.74 Å². The number of hydrogen-bond acceptors (Lipinski definition) is 4. The number of halogens is 3. The van der Waals surface area contributed by atoms with Crippen LogP contribution in [0.25, 0.3) is 10.9 Å². The van der Waals surface area contributed by atoms with Gasteiger partial charge in [-0.05, 0) is 38.8 Å². The zero-order valence-corrected chi connectivity index (χ0v) is 21.0. The van der Waals surface area contributed by atoms with E-state index in [2.05, 4.69) is 9.88 Å². The van der Waals surface area contributed by atoms with Crippen LogP contribution >= 0.6 is 0 Å². The Labute approximate surface area is 209 Å². The smallest absolute Gasteiger partial charge is 0.135 e. The molecule has 0 unspecified atom stereocenters. The number of nitrogens with zero attached hydrogens (tertiary/aromatic N) is 2. The molecular formula is C28H34F3N3O2. The zero-order valence-electron chi connectivity index (χ0n) is 21.0. The van der Waals surface area contributed by atoms with Gasteiger partial charge in [-0.2, -0.15) is 0 Å². The minimum Gasteiger partial charge on any atom is -0.492 e. The lowest BCUT2D eigenvalue weighted by atomic mass is 9.87. The fraction of sp³-hybridized carbons (Fsp3) is 0.500. The summed E-state index contributed by atoms with van der Waals surface area (Å²) in [6.07, 6.45) is 0.657. The van der Waals surface area contributed by atoms with Crippen LogP contribution in [0.2, 0.25) is 0 Å². The van der Waals surface area contributed by atoms with Gasteiger partial charge >= 0.3 is 0 Å². The Morgan fingerprint density at radius 3 is 2.50 bits per heavy atom. The fourth-order valence-electron chi connectivity index (χ4n) is 5.67. The van der Waals surface area contributed by atoms with E-state index in [4.69, 9.17) is 9.84 Å². The molecule has 1 aromatic heterocycles. The van der Waals surface area contributed by atoms with Crippen LogP contribution in [0, 0.1) is 17.6 Å². The predicted molar refractivity (Wildman–Crippen MR) is 134 cm³/mol. The molecule has 0 aliphatic carbocycles. The third kappa shape index (κ3) is 4.86. The first-order valence-corrected chi connectivity index (χ1v) is 12.6. The van der Waals surface area contributed by atoms with Gasteiger partial charge < -0.3 is 14.8 Å². The highest BCUT2D eigenvalue weighted by Crippen LogP contribution is 2.43. The van der Waals surface area contributed by atoms with E-state index in [1.807, 2.05) is 36.1 Å². The number of nitrogens with one attached hydrogen (secondary N) is 1. The molecule has 0 amide bonds. The van der Waals surface area contributed by atoms with Gasteiger partial charge in [0.2, 0.25) is 0 Å². The minimum absolute atomic E-state index is 0.0371. The average Bonchev–Trinajstić information content (AvgIpc) is 3.14. The van der Waals surface area contributed by atoms with E-state index >= 15 is 8.78 Å². The molecule has 2 aliphatic rings. The van der Waals surface area contributed by atoms with Crippen LogP contribution in [0.1, 0.15) is 43.6 Å². The molecule has 1 fully saturated rings. The van der Waals surface area contributed by atoms with Gasteiger partial charge in [-0.15, -0.1) is 0 Å². The number of H-pyrrole nitrogens is 1. The lowest BCUT2D eigenvalue weighted by Crippen LogP contribution is -2.49. The second kappa shape index (κ2) is 9.72. The Bertz CT molecular complexity index is 1210. The lowest BCUT2D eigenvalue weighted by Gasteiger charge is -2.43. The third-order valence-electron chi connectivity index (χ3n) is 7.37. The van der Waals surface area contributed by atoms with E-state index in [9.17, 15) is 4.39 Å². The van der Waals surface area contributed by atoms with E-state index < -0.39 is 23.3 Å². The summed E-state index contributed by atoms with van der Waals surface area (Å²) in [5.41, 5.74) is 0.987. The minimum atomic E-state index is -1.54. The van der Waals surface area contributed by atoms with E-state index in [1.54, 1.807) is 0 Å². The summed E-state index contributed by atoms with van der Waals surface area (Å²) in [4.78, 5) is 7.37. The topological polar surface area (TPSA) is 51.7 Å². The summed E-state index contributed by atoms with van der Waals surface area (Å²) in [5.74, 6) is -0.991. The van der Waals surface area contributed by atoms with Gasteiger partial charge in [-0.1, -0.05) is 18.2 Å². The van der Waals surface area contributed by atoms with Crippen molar-refractivity contribution in [2.75, 3.05) is 39.4 Å². The average molecular weight is 502 g/mol. The summed E-state index contributed by atoms with van der Waals surface area (Å²) < 4.78 is 51.8. The molecule has 0 spiro atoms. The van der Waals surface area contributed by atoms with Crippen molar-refractivity contribution in [3.05, 3.63) is 64.9 Å². The molecule has 5 rings (SSSR count). The normalized spacial score (nSPS) is 21.5. The first kappa shape index (κ1) is 25.1. The number of aliphatic hydroxyl groups excluding tert-OH is 1. The maximum absolute atomic E-state index is 15.6. The Hall–Kier alpha value is -2.55. The van der Waals surface area contributed by atoms with Crippen molar-refractivity contribution in [2.45, 2.75) is 44.9 Å². The van der Waals surface area contributed by atoms with Gasteiger partial charge in [0.25, 0.3) is 0 Å². The molecular weight excluding hydrogens is 467 g/mol. The quantitative estimate of drug-likeness (QED) is 0.464. The number of alkyl halides is 1. The Morgan fingerprint density at radius 1 is 1.14 bits per heavy atom. The molecule has 2 aromatic carbocycles. The summed E-state index contributed by atoms with van der Waals surface area (Å²) >= 11 is 0. The Kier molecular flexibility index (Phi) is 6.78. The lowest BCUT2D eigenvalue weighted by molar-refractivity contribution is 0.0438. The maximum atomic E-state index is 15.6. The molecule has 2 atom stereocenters. The zero-order chi connectivity index (χ0) is 25.6. The van der Waals surface area contributed by atoms with Crippen LogP contribution in [0.3, 0.4) is 0 Å². The number of rotatable bonds is 8. The summed E-state index contributed by atoms with van der Waals surface area (Å²) in [6.45, 7) is 7.69. The second-order valence-electron chi connectivity index (χ2n) is 10.9. The van der Waals surface area contributed by atoms with Crippen molar-refractivity contribution in [3.63, 3.8) is 0 Å². The largest absolute Gasteiger partial charge is 0.492 e. The molecule has 36 heavy (non-hydrogen) atoms. The number of fused-ring (bicyclic) bond motifs is 3. The van der Waals surface area contributed by atoms with Crippen LogP contribution in [0.5, 0.6) is 5.75 Å². The van der Waals surface area contributed by atoms with Crippen molar-refractivity contribution in [2.24, 2.45) is 5.92 Å². The molecule has 2 aliphatic heterocycles. The Morgan fingerprint density at radius 2 is 1.83 bits per heavy atom. The van der Waals surface area contributed by atoms with E-state index in [-0.39, 0.29) is 30.5 Å². The highest BCUT2D eigenvalue weighted by molar-refractivity contribution is 5.85.